The maximum Gasteiger partial charge on any atom is 0.113 e. The Morgan fingerprint density at radius 2 is 2.17 bits per heavy atom. The van der Waals surface area contributed by atoms with Crippen LogP contribution < -0.4 is 0 Å². The fourth-order valence-electron chi connectivity index (χ4n) is 2.41. The van der Waals surface area contributed by atoms with Crippen molar-refractivity contribution in [1.29, 1.82) is 0 Å². The zero-order chi connectivity index (χ0) is 12.5. The summed E-state index contributed by atoms with van der Waals surface area (Å²) in [4.78, 5) is 0. The van der Waals surface area contributed by atoms with Crippen LogP contribution in [-0.4, -0.2) is 10.9 Å². The maximum absolute atomic E-state index is 9.10. The van der Waals surface area contributed by atoms with Crippen LogP contribution in [0.15, 0.2) is 40.1 Å². The number of aryl methyl sites for hydroxylation is 1. The van der Waals surface area contributed by atoms with Crippen LogP contribution in [0.25, 0.3) is 11.1 Å². The van der Waals surface area contributed by atoms with E-state index in [9.17, 15) is 0 Å². The van der Waals surface area contributed by atoms with Crippen LogP contribution in [0.4, 0.5) is 0 Å². The van der Waals surface area contributed by atoms with E-state index >= 15 is 0 Å². The van der Waals surface area contributed by atoms with Gasteiger partial charge in [0.05, 0.1) is 12.0 Å². The van der Waals surface area contributed by atoms with Crippen LogP contribution in [0.1, 0.15) is 24.2 Å². The summed E-state index contributed by atoms with van der Waals surface area (Å²) in [5, 5.41) is 13.2. The molecule has 92 valence electrons. The Labute approximate surface area is 110 Å². The van der Waals surface area contributed by atoms with Crippen molar-refractivity contribution in [3.8, 4) is 11.1 Å². The summed E-state index contributed by atoms with van der Waals surface area (Å²) >= 11 is 6.00. The number of furan rings is 1. The minimum Gasteiger partial charge on any atom is -0.468 e. The molecule has 1 aromatic carbocycles. The number of oxime groups is 1. The van der Waals surface area contributed by atoms with Crippen molar-refractivity contribution in [2.24, 2.45) is 5.16 Å². The fourth-order valence-corrected chi connectivity index (χ4v) is 2.60. The first-order valence-electron chi connectivity index (χ1n) is 5.87. The Balaban J connectivity index is 2.17. The summed E-state index contributed by atoms with van der Waals surface area (Å²) in [6, 6.07) is 7.59. The highest BCUT2D eigenvalue weighted by Crippen LogP contribution is 2.34. The van der Waals surface area contributed by atoms with Crippen molar-refractivity contribution < 1.29 is 9.62 Å². The number of halogens is 1. The van der Waals surface area contributed by atoms with E-state index in [1.165, 1.54) is 0 Å². The Morgan fingerprint density at radius 3 is 2.94 bits per heavy atom. The molecule has 0 spiro atoms. The summed E-state index contributed by atoms with van der Waals surface area (Å²) in [6.45, 7) is 0. The molecular formula is C14H12ClNO2. The highest BCUT2D eigenvalue weighted by atomic mass is 35.5. The number of nitrogens with zero attached hydrogens (tertiary/aromatic N) is 1. The van der Waals surface area contributed by atoms with Gasteiger partial charge in [-0.05, 0) is 30.5 Å². The summed E-state index contributed by atoms with van der Waals surface area (Å²) in [7, 11) is 0. The number of hydrogen-bond donors (Lipinski definition) is 1. The molecule has 1 aliphatic carbocycles. The molecule has 0 unspecified atom stereocenters. The van der Waals surface area contributed by atoms with Gasteiger partial charge in [0.1, 0.15) is 5.76 Å². The highest BCUT2D eigenvalue weighted by Gasteiger charge is 2.24. The average molecular weight is 262 g/mol. The van der Waals surface area contributed by atoms with Gasteiger partial charge >= 0.3 is 0 Å². The van der Waals surface area contributed by atoms with E-state index in [4.69, 9.17) is 21.2 Å². The third-order valence-electron chi connectivity index (χ3n) is 3.23. The number of fused-ring (bicyclic) bond motifs is 1. The van der Waals surface area contributed by atoms with Gasteiger partial charge in [0, 0.05) is 22.6 Å². The van der Waals surface area contributed by atoms with Gasteiger partial charge in [-0.3, -0.25) is 0 Å². The molecular weight excluding hydrogens is 250 g/mol. The lowest BCUT2D eigenvalue weighted by Gasteiger charge is -2.12. The maximum atomic E-state index is 9.10. The van der Waals surface area contributed by atoms with Crippen LogP contribution >= 0.6 is 11.6 Å². The topological polar surface area (TPSA) is 45.7 Å². The van der Waals surface area contributed by atoms with E-state index in [0.717, 1.165) is 41.7 Å². The van der Waals surface area contributed by atoms with Crippen LogP contribution in [0, 0.1) is 0 Å². The van der Waals surface area contributed by atoms with E-state index in [1.54, 1.807) is 6.26 Å². The molecule has 0 aliphatic heterocycles. The van der Waals surface area contributed by atoms with E-state index in [0.29, 0.717) is 10.7 Å². The highest BCUT2D eigenvalue weighted by molar-refractivity contribution is 6.30. The second-order valence-electron chi connectivity index (χ2n) is 4.36. The van der Waals surface area contributed by atoms with Gasteiger partial charge in [-0.2, -0.15) is 0 Å². The Hall–Kier alpha value is -1.74. The molecule has 1 N–H and O–H groups in total. The fraction of sp³-hybridized carbons (Fsp3) is 0.214. The smallest absolute Gasteiger partial charge is 0.113 e. The molecule has 0 saturated carbocycles. The molecule has 18 heavy (non-hydrogen) atoms. The molecule has 0 bridgehead atoms. The second-order valence-corrected chi connectivity index (χ2v) is 4.79. The Bertz CT molecular complexity index is 616. The van der Waals surface area contributed by atoms with Gasteiger partial charge in [-0.25, -0.2) is 0 Å². The summed E-state index contributed by atoms with van der Waals surface area (Å²) in [5.74, 6) is 0.893. The average Bonchev–Trinajstić information content (AvgIpc) is 2.82. The van der Waals surface area contributed by atoms with Crippen LogP contribution in [0.5, 0.6) is 0 Å². The molecule has 2 aromatic rings. The predicted molar refractivity (Wildman–Crippen MR) is 70.4 cm³/mol. The largest absolute Gasteiger partial charge is 0.468 e. The van der Waals surface area contributed by atoms with E-state index in [2.05, 4.69) is 5.16 Å². The Morgan fingerprint density at radius 1 is 1.28 bits per heavy atom. The van der Waals surface area contributed by atoms with Crippen molar-refractivity contribution >= 4 is 17.3 Å². The minimum atomic E-state index is 0.681. The lowest BCUT2D eigenvalue weighted by atomic mass is 9.91. The van der Waals surface area contributed by atoms with Gasteiger partial charge in [0.15, 0.2) is 0 Å². The summed E-state index contributed by atoms with van der Waals surface area (Å²) in [6.07, 6.45) is 4.33. The van der Waals surface area contributed by atoms with Crippen molar-refractivity contribution in [2.75, 3.05) is 0 Å². The lowest BCUT2D eigenvalue weighted by molar-refractivity contribution is 0.317. The standard InChI is InChI=1S/C14H12ClNO2/c15-10-4-1-3-9(7-10)11-8-18-13-6-2-5-12(16-17)14(11)13/h1,3-4,7-8,17H,2,5-6H2/b16-12+. The van der Waals surface area contributed by atoms with Crippen molar-refractivity contribution in [2.45, 2.75) is 19.3 Å². The molecule has 0 radical (unpaired) electrons. The van der Waals surface area contributed by atoms with Crippen molar-refractivity contribution in [1.82, 2.24) is 0 Å². The quantitative estimate of drug-likeness (QED) is 0.620. The van der Waals surface area contributed by atoms with Gasteiger partial charge in [-0.1, -0.05) is 28.9 Å². The van der Waals surface area contributed by atoms with Crippen LogP contribution in [0.2, 0.25) is 5.02 Å². The monoisotopic (exact) mass is 261 g/mol. The van der Waals surface area contributed by atoms with Gasteiger partial charge in [0.25, 0.3) is 0 Å². The van der Waals surface area contributed by atoms with Gasteiger partial charge in [0.2, 0.25) is 0 Å². The minimum absolute atomic E-state index is 0.681. The molecule has 0 amide bonds. The van der Waals surface area contributed by atoms with Gasteiger partial charge < -0.3 is 9.62 Å². The summed E-state index contributed by atoms with van der Waals surface area (Å²) in [5.41, 5.74) is 3.54. The SMILES string of the molecule is O/N=C1\CCCc2occ(-c3cccc(Cl)c3)c21. The van der Waals surface area contributed by atoms with E-state index in [1.807, 2.05) is 24.3 Å². The normalized spacial score (nSPS) is 16.8. The second kappa shape index (κ2) is 4.50. The molecule has 1 heterocycles. The Kier molecular flexibility index (Phi) is 2.84. The van der Waals surface area contributed by atoms with Crippen molar-refractivity contribution in [3.63, 3.8) is 0 Å². The molecule has 0 saturated heterocycles. The zero-order valence-corrected chi connectivity index (χ0v) is 10.4. The van der Waals surface area contributed by atoms with Gasteiger partial charge in [-0.15, -0.1) is 0 Å². The molecule has 0 atom stereocenters. The van der Waals surface area contributed by atoms with Crippen molar-refractivity contribution in [3.05, 3.63) is 46.9 Å². The van der Waals surface area contributed by atoms with Crippen LogP contribution in [0.3, 0.4) is 0 Å². The number of hydrogen-bond acceptors (Lipinski definition) is 3. The molecule has 4 heteroatoms. The van der Waals surface area contributed by atoms with E-state index in [-0.39, 0.29) is 0 Å². The zero-order valence-electron chi connectivity index (χ0n) is 9.69. The van der Waals surface area contributed by atoms with Crippen LogP contribution in [-0.2, 0) is 6.42 Å². The first-order chi connectivity index (χ1) is 8.79. The number of rotatable bonds is 1. The lowest BCUT2D eigenvalue weighted by Crippen LogP contribution is -2.10. The molecule has 0 fully saturated rings. The predicted octanol–water partition coefficient (Wildman–Crippen LogP) is 4.11. The first-order valence-corrected chi connectivity index (χ1v) is 6.25. The third kappa shape index (κ3) is 1.81. The van der Waals surface area contributed by atoms with E-state index < -0.39 is 0 Å². The number of benzene rings is 1. The molecule has 3 rings (SSSR count). The first kappa shape index (κ1) is 11.4. The summed E-state index contributed by atoms with van der Waals surface area (Å²) < 4.78 is 5.58. The third-order valence-corrected chi connectivity index (χ3v) is 3.46. The molecule has 1 aromatic heterocycles. The molecule has 1 aliphatic rings. The molecule has 3 nitrogen and oxygen atoms in total.